The van der Waals surface area contributed by atoms with Crippen LogP contribution in [0.4, 0.5) is 0 Å². The van der Waals surface area contributed by atoms with Gasteiger partial charge in [-0.15, -0.1) is 0 Å². The fraction of sp³-hybridized carbons (Fsp3) is 0.538. The van der Waals surface area contributed by atoms with Gasteiger partial charge in [-0.25, -0.2) is 0 Å². The van der Waals surface area contributed by atoms with Crippen molar-refractivity contribution >= 4 is 15.9 Å². The number of rotatable bonds is 7. The van der Waals surface area contributed by atoms with Crippen LogP contribution in [0.5, 0.6) is 5.75 Å². The Morgan fingerprint density at radius 2 is 2.12 bits per heavy atom. The SMILES string of the molecule is CCCCNCc1ccc(OCC)c(Br)c1. The molecule has 3 heteroatoms. The third kappa shape index (κ3) is 4.54. The summed E-state index contributed by atoms with van der Waals surface area (Å²) in [5, 5.41) is 3.42. The number of halogens is 1. The third-order valence-electron chi connectivity index (χ3n) is 2.33. The highest BCUT2D eigenvalue weighted by Gasteiger charge is 2.01. The Kier molecular flexibility index (Phi) is 6.50. The summed E-state index contributed by atoms with van der Waals surface area (Å²) in [7, 11) is 0. The highest BCUT2D eigenvalue weighted by atomic mass is 79.9. The van der Waals surface area contributed by atoms with E-state index in [1.165, 1.54) is 18.4 Å². The van der Waals surface area contributed by atoms with Crippen molar-refractivity contribution < 1.29 is 4.74 Å². The van der Waals surface area contributed by atoms with Crippen LogP contribution in [0.1, 0.15) is 32.3 Å². The van der Waals surface area contributed by atoms with Gasteiger partial charge >= 0.3 is 0 Å². The zero-order valence-electron chi connectivity index (χ0n) is 10.1. The van der Waals surface area contributed by atoms with Crippen molar-refractivity contribution in [3.05, 3.63) is 28.2 Å². The number of benzene rings is 1. The second kappa shape index (κ2) is 7.69. The van der Waals surface area contributed by atoms with Gasteiger partial charge in [-0.1, -0.05) is 19.4 Å². The molecular weight excluding hydrogens is 266 g/mol. The van der Waals surface area contributed by atoms with Crippen LogP contribution in [-0.4, -0.2) is 13.2 Å². The predicted octanol–water partition coefficient (Wildman–Crippen LogP) is 3.74. The molecule has 0 bridgehead atoms. The highest BCUT2D eigenvalue weighted by molar-refractivity contribution is 9.10. The van der Waals surface area contributed by atoms with Crippen LogP contribution in [0, 0.1) is 0 Å². The zero-order chi connectivity index (χ0) is 11.8. The first kappa shape index (κ1) is 13.5. The van der Waals surface area contributed by atoms with Crippen LogP contribution in [0.15, 0.2) is 22.7 Å². The van der Waals surface area contributed by atoms with Crippen molar-refractivity contribution in [1.82, 2.24) is 5.32 Å². The lowest BCUT2D eigenvalue weighted by Crippen LogP contribution is -2.14. The fourth-order valence-electron chi connectivity index (χ4n) is 1.46. The van der Waals surface area contributed by atoms with E-state index in [1.54, 1.807) is 0 Å². The van der Waals surface area contributed by atoms with Gasteiger partial charge in [0.1, 0.15) is 5.75 Å². The van der Waals surface area contributed by atoms with E-state index in [-0.39, 0.29) is 0 Å². The Bertz CT molecular complexity index is 315. The molecule has 0 heterocycles. The second-order valence-corrected chi connectivity index (χ2v) is 4.58. The first-order valence-corrected chi connectivity index (χ1v) is 6.69. The van der Waals surface area contributed by atoms with Gasteiger partial charge in [0.15, 0.2) is 0 Å². The standard InChI is InChI=1S/C13H20BrNO/c1-3-5-8-15-10-11-6-7-13(16-4-2)12(14)9-11/h6-7,9,15H,3-5,8,10H2,1-2H3. The van der Waals surface area contributed by atoms with E-state index < -0.39 is 0 Å². The number of unbranched alkanes of at least 4 members (excludes halogenated alkanes) is 1. The van der Waals surface area contributed by atoms with Crippen molar-refractivity contribution in [3.63, 3.8) is 0 Å². The molecule has 0 atom stereocenters. The Labute approximate surface area is 107 Å². The van der Waals surface area contributed by atoms with E-state index in [0.717, 1.165) is 23.3 Å². The molecule has 90 valence electrons. The quantitative estimate of drug-likeness (QED) is 0.771. The van der Waals surface area contributed by atoms with Crippen LogP contribution in [-0.2, 0) is 6.54 Å². The first-order valence-electron chi connectivity index (χ1n) is 5.89. The summed E-state index contributed by atoms with van der Waals surface area (Å²) in [6.07, 6.45) is 2.47. The van der Waals surface area contributed by atoms with Crippen LogP contribution in [0.25, 0.3) is 0 Å². The molecule has 0 saturated heterocycles. The number of hydrogen-bond donors (Lipinski definition) is 1. The van der Waals surface area contributed by atoms with E-state index in [1.807, 2.05) is 13.0 Å². The van der Waals surface area contributed by atoms with Gasteiger partial charge in [-0.3, -0.25) is 0 Å². The molecule has 0 fully saturated rings. The largest absolute Gasteiger partial charge is 0.493 e. The maximum absolute atomic E-state index is 5.47. The third-order valence-corrected chi connectivity index (χ3v) is 2.95. The van der Waals surface area contributed by atoms with Gasteiger partial charge in [-0.05, 0) is 53.5 Å². The topological polar surface area (TPSA) is 21.3 Å². The Morgan fingerprint density at radius 1 is 1.31 bits per heavy atom. The van der Waals surface area contributed by atoms with Crippen LogP contribution in [0.2, 0.25) is 0 Å². The predicted molar refractivity (Wildman–Crippen MR) is 71.9 cm³/mol. The normalized spacial score (nSPS) is 10.4. The van der Waals surface area contributed by atoms with Crippen LogP contribution in [0.3, 0.4) is 0 Å². The molecule has 0 spiro atoms. The minimum atomic E-state index is 0.701. The highest BCUT2D eigenvalue weighted by Crippen LogP contribution is 2.25. The average Bonchev–Trinajstić information content (AvgIpc) is 2.28. The van der Waals surface area contributed by atoms with Gasteiger partial charge in [0, 0.05) is 6.54 Å². The molecule has 2 nitrogen and oxygen atoms in total. The average molecular weight is 286 g/mol. The summed E-state index contributed by atoms with van der Waals surface area (Å²) in [6.45, 7) is 6.90. The Hall–Kier alpha value is -0.540. The van der Waals surface area contributed by atoms with Gasteiger partial charge in [-0.2, -0.15) is 0 Å². The molecule has 0 amide bonds. The van der Waals surface area contributed by atoms with Crippen molar-refractivity contribution in [3.8, 4) is 5.75 Å². The molecule has 0 aromatic heterocycles. The summed E-state index contributed by atoms with van der Waals surface area (Å²) < 4.78 is 6.50. The van der Waals surface area contributed by atoms with Crippen LogP contribution >= 0.6 is 15.9 Å². The molecule has 0 aliphatic carbocycles. The number of ether oxygens (including phenoxy) is 1. The van der Waals surface area contributed by atoms with E-state index >= 15 is 0 Å². The van der Waals surface area contributed by atoms with Crippen molar-refractivity contribution in [2.24, 2.45) is 0 Å². The summed E-state index contributed by atoms with van der Waals surface area (Å²) in [4.78, 5) is 0. The minimum absolute atomic E-state index is 0.701. The molecule has 1 N–H and O–H groups in total. The summed E-state index contributed by atoms with van der Waals surface area (Å²) in [5.41, 5.74) is 1.28. The first-order chi connectivity index (χ1) is 7.77. The zero-order valence-corrected chi connectivity index (χ0v) is 11.6. The molecule has 0 aliphatic heterocycles. The second-order valence-electron chi connectivity index (χ2n) is 3.73. The monoisotopic (exact) mass is 285 g/mol. The molecule has 0 saturated carbocycles. The molecular formula is C13H20BrNO. The van der Waals surface area contributed by atoms with Gasteiger partial charge in [0.05, 0.1) is 11.1 Å². The van der Waals surface area contributed by atoms with E-state index in [0.29, 0.717) is 6.61 Å². The van der Waals surface area contributed by atoms with Crippen molar-refractivity contribution in [1.29, 1.82) is 0 Å². The maximum atomic E-state index is 5.47. The molecule has 16 heavy (non-hydrogen) atoms. The molecule has 0 unspecified atom stereocenters. The summed E-state index contributed by atoms with van der Waals surface area (Å²) >= 11 is 3.52. The van der Waals surface area contributed by atoms with E-state index in [9.17, 15) is 0 Å². The Morgan fingerprint density at radius 3 is 2.75 bits per heavy atom. The molecule has 1 aromatic carbocycles. The van der Waals surface area contributed by atoms with E-state index in [4.69, 9.17) is 4.74 Å². The summed E-state index contributed by atoms with van der Waals surface area (Å²) in [5.74, 6) is 0.916. The lowest BCUT2D eigenvalue weighted by molar-refractivity contribution is 0.338. The minimum Gasteiger partial charge on any atom is -0.493 e. The number of hydrogen-bond acceptors (Lipinski definition) is 2. The molecule has 1 rings (SSSR count). The molecule has 0 radical (unpaired) electrons. The number of nitrogens with one attached hydrogen (secondary N) is 1. The lowest BCUT2D eigenvalue weighted by Gasteiger charge is -2.08. The maximum Gasteiger partial charge on any atom is 0.133 e. The fourth-order valence-corrected chi connectivity index (χ4v) is 2.00. The molecule has 0 aliphatic rings. The Balaban J connectivity index is 2.46. The van der Waals surface area contributed by atoms with Gasteiger partial charge in [0.2, 0.25) is 0 Å². The van der Waals surface area contributed by atoms with Gasteiger partial charge < -0.3 is 10.1 Å². The molecule has 1 aromatic rings. The lowest BCUT2D eigenvalue weighted by atomic mass is 10.2. The smallest absolute Gasteiger partial charge is 0.133 e. The van der Waals surface area contributed by atoms with E-state index in [2.05, 4.69) is 40.3 Å². The van der Waals surface area contributed by atoms with Crippen molar-refractivity contribution in [2.45, 2.75) is 33.2 Å². The van der Waals surface area contributed by atoms with Crippen molar-refractivity contribution in [2.75, 3.05) is 13.2 Å². The summed E-state index contributed by atoms with van der Waals surface area (Å²) in [6, 6.07) is 6.24. The van der Waals surface area contributed by atoms with Gasteiger partial charge in [0.25, 0.3) is 0 Å². The van der Waals surface area contributed by atoms with Crippen LogP contribution < -0.4 is 10.1 Å².